The molecule has 2 amide bonds. The third-order valence-corrected chi connectivity index (χ3v) is 6.58. The van der Waals surface area contributed by atoms with Crippen molar-refractivity contribution in [2.24, 2.45) is 0 Å². The molecule has 0 N–H and O–H groups in total. The molecule has 0 radical (unpaired) electrons. The topological polar surface area (TPSA) is 56.3 Å². The van der Waals surface area contributed by atoms with E-state index in [2.05, 4.69) is 9.80 Å². The first-order chi connectivity index (χ1) is 15.9. The molecule has 1 fully saturated rings. The summed E-state index contributed by atoms with van der Waals surface area (Å²) in [5, 5.41) is 0. The molecule has 4 rings (SSSR count). The normalized spacial score (nSPS) is 16.3. The average Bonchev–Trinajstić information content (AvgIpc) is 2.86. The molecule has 2 heterocycles. The first kappa shape index (κ1) is 23.3. The number of carbonyl (C=O) groups excluding carboxylic acids is 2. The lowest BCUT2D eigenvalue weighted by atomic mass is 10.00. The van der Waals surface area contributed by atoms with Crippen LogP contribution in [0.15, 0.2) is 42.5 Å². The van der Waals surface area contributed by atoms with Crippen LogP contribution in [0.2, 0.25) is 0 Å². The molecule has 0 saturated carbocycles. The van der Waals surface area contributed by atoms with Gasteiger partial charge in [0.1, 0.15) is 0 Å². The van der Waals surface area contributed by atoms with Gasteiger partial charge in [0.25, 0.3) is 11.8 Å². The molecule has 0 aromatic heterocycles. The maximum Gasteiger partial charge on any atom is 0.253 e. The van der Waals surface area contributed by atoms with Crippen molar-refractivity contribution in [1.29, 1.82) is 0 Å². The maximum atomic E-state index is 12.9. The van der Waals surface area contributed by atoms with Gasteiger partial charge in [-0.15, -0.1) is 0 Å². The molecular formula is C26H34N4O3. The third-order valence-electron chi connectivity index (χ3n) is 6.58. The van der Waals surface area contributed by atoms with E-state index in [4.69, 9.17) is 4.74 Å². The molecule has 176 valence electrons. The van der Waals surface area contributed by atoms with E-state index in [0.29, 0.717) is 18.7 Å². The third kappa shape index (κ3) is 5.54. The van der Waals surface area contributed by atoms with Crippen molar-refractivity contribution in [3.8, 4) is 0 Å². The van der Waals surface area contributed by atoms with Crippen molar-refractivity contribution in [2.75, 3.05) is 71.9 Å². The van der Waals surface area contributed by atoms with E-state index >= 15 is 0 Å². The van der Waals surface area contributed by atoms with E-state index in [9.17, 15) is 9.59 Å². The van der Waals surface area contributed by atoms with Crippen LogP contribution in [-0.4, -0.2) is 93.5 Å². The molecule has 2 aromatic carbocycles. The molecule has 7 heteroatoms. The van der Waals surface area contributed by atoms with E-state index in [1.54, 1.807) is 19.0 Å². The van der Waals surface area contributed by atoms with Gasteiger partial charge in [-0.05, 0) is 53.9 Å². The van der Waals surface area contributed by atoms with Gasteiger partial charge in [-0.2, -0.15) is 0 Å². The quantitative estimate of drug-likeness (QED) is 0.676. The minimum absolute atomic E-state index is 0.0226. The van der Waals surface area contributed by atoms with E-state index in [-0.39, 0.29) is 11.8 Å². The van der Waals surface area contributed by atoms with Gasteiger partial charge in [0.2, 0.25) is 0 Å². The number of anilines is 1. The number of rotatable bonds is 6. The van der Waals surface area contributed by atoms with E-state index in [1.807, 2.05) is 54.4 Å². The van der Waals surface area contributed by atoms with Crippen LogP contribution in [0.5, 0.6) is 0 Å². The molecule has 1 saturated heterocycles. The predicted molar refractivity (Wildman–Crippen MR) is 130 cm³/mol. The fourth-order valence-corrected chi connectivity index (χ4v) is 4.41. The smallest absolute Gasteiger partial charge is 0.253 e. The number of hydrogen-bond donors (Lipinski definition) is 0. The van der Waals surface area contributed by atoms with Gasteiger partial charge in [0, 0.05) is 77.2 Å². The molecule has 33 heavy (non-hydrogen) atoms. The second kappa shape index (κ2) is 10.4. The summed E-state index contributed by atoms with van der Waals surface area (Å²) < 4.78 is 5.49. The summed E-state index contributed by atoms with van der Waals surface area (Å²) in [6.07, 6.45) is 0.874. The Morgan fingerprint density at radius 2 is 1.58 bits per heavy atom. The zero-order chi connectivity index (χ0) is 23.4. The highest BCUT2D eigenvalue weighted by molar-refractivity contribution is 5.94. The highest BCUT2D eigenvalue weighted by Gasteiger charge is 2.20. The van der Waals surface area contributed by atoms with Crippen LogP contribution in [0.4, 0.5) is 5.69 Å². The van der Waals surface area contributed by atoms with Crippen LogP contribution < -0.4 is 4.90 Å². The number of fused-ring (bicyclic) bond motifs is 1. The molecular weight excluding hydrogens is 416 g/mol. The number of nitrogens with zero attached hydrogens (tertiary/aromatic N) is 4. The summed E-state index contributed by atoms with van der Waals surface area (Å²) in [6.45, 7) is 6.73. The van der Waals surface area contributed by atoms with Gasteiger partial charge in [0.15, 0.2) is 0 Å². The summed E-state index contributed by atoms with van der Waals surface area (Å²) in [4.78, 5) is 33.2. The summed E-state index contributed by atoms with van der Waals surface area (Å²) >= 11 is 0. The highest BCUT2D eigenvalue weighted by atomic mass is 16.5. The Hall–Kier alpha value is -2.90. The fraction of sp³-hybridized carbons (Fsp3) is 0.462. The van der Waals surface area contributed by atoms with Crippen LogP contribution in [0, 0.1) is 0 Å². The molecule has 0 aliphatic carbocycles. The molecule has 0 spiro atoms. The van der Waals surface area contributed by atoms with Gasteiger partial charge in [-0.3, -0.25) is 14.5 Å². The number of likely N-dealkylation sites (N-methyl/N-ethyl adjacent to an activating group) is 1. The minimum Gasteiger partial charge on any atom is -0.376 e. The molecule has 0 bridgehead atoms. The number of piperazine rings is 1. The summed E-state index contributed by atoms with van der Waals surface area (Å²) in [7, 11) is 5.42. The SMILES string of the molecule is CN(C)C(=O)c1ccc(N2CCN(CCN(C)C(=O)c3ccc4c(c3)CCOC4)CC2)cc1. The van der Waals surface area contributed by atoms with Gasteiger partial charge in [-0.1, -0.05) is 6.07 Å². The monoisotopic (exact) mass is 450 g/mol. The average molecular weight is 451 g/mol. The van der Waals surface area contributed by atoms with Gasteiger partial charge in [0.05, 0.1) is 13.2 Å². The number of carbonyl (C=O) groups is 2. The lowest BCUT2D eigenvalue weighted by Crippen LogP contribution is -2.48. The Bertz CT molecular complexity index is 982. The predicted octanol–water partition coefficient (Wildman–Crippen LogP) is 2.36. The fourth-order valence-electron chi connectivity index (χ4n) is 4.41. The summed E-state index contributed by atoms with van der Waals surface area (Å²) in [6, 6.07) is 13.8. The first-order valence-corrected chi connectivity index (χ1v) is 11.7. The summed E-state index contributed by atoms with van der Waals surface area (Å²) in [5.41, 5.74) is 5.05. The lowest BCUT2D eigenvalue weighted by molar-refractivity contribution is 0.0774. The van der Waals surface area contributed by atoms with Gasteiger partial charge in [-0.25, -0.2) is 0 Å². The molecule has 2 aliphatic heterocycles. The van der Waals surface area contributed by atoms with Crippen molar-refractivity contribution < 1.29 is 14.3 Å². The Balaban J connectivity index is 1.24. The van der Waals surface area contributed by atoms with Crippen LogP contribution in [0.3, 0.4) is 0 Å². The number of amides is 2. The van der Waals surface area contributed by atoms with Crippen LogP contribution in [-0.2, 0) is 17.8 Å². The zero-order valence-corrected chi connectivity index (χ0v) is 19.9. The maximum absolute atomic E-state index is 12.9. The standard InChI is InChI=1S/C26H34N4O3/c1-27(2)25(31)20-6-8-24(9-7-20)30-15-13-29(14-16-30)12-11-28(3)26(32)22-4-5-23-19-33-17-10-21(23)18-22/h4-9,18H,10-17,19H2,1-3H3. The zero-order valence-electron chi connectivity index (χ0n) is 19.9. The lowest BCUT2D eigenvalue weighted by Gasteiger charge is -2.36. The molecule has 0 atom stereocenters. The second-order valence-electron chi connectivity index (χ2n) is 9.09. The van der Waals surface area contributed by atoms with Crippen molar-refractivity contribution in [3.63, 3.8) is 0 Å². The van der Waals surface area contributed by atoms with E-state index < -0.39 is 0 Å². The number of hydrogen-bond acceptors (Lipinski definition) is 5. The first-order valence-electron chi connectivity index (χ1n) is 11.7. The largest absolute Gasteiger partial charge is 0.376 e. The van der Waals surface area contributed by atoms with Crippen molar-refractivity contribution >= 4 is 17.5 Å². The molecule has 0 unspecified atom stereocenters. The van der Waals surface area contributed by atoms with Crippen LogP contribution in [0.1, 0.15) is 31.8 Å². The summed E-state index contributed by atoms with van der Waals surface area (Å²) in [5.74, 6) is 0.102. The number of benzene rings is 2. The van der Waals surface area contributed by atoms with E-state index in [1.165, 1.54) is 11.1 Å². The molecule has 7 nitrogen and oxygen atoms in total. The second-order valence-corrected chi connectivity index (χ2v) is 9.09. The van der Waals surface area contributed by atoms with Crippen molar-refractivity contribution in [3.05, 3.63) is 64.7 Å². The van der Waals surface area contributed by atoms with E-state index in [0.717, 1.165) is 57.0 Å². The number of ether oxygens (including phenoxy) is 1. The Kier molecular flexibility index (Phi) is 7.30. The van der Waals surface area contributed by atoms with Crippen molar-refractivity contribution in [1.82, 2.24) is 14.7 Å². The van der Waals surface area contributed by atoms with Gasteiger partial charge >= 0.3 is 0 Å². The Labute approximate surface area is 196 Å². The Morgan fingerprint density at radius 1 is 0.879 bits per heavy atom. The Morgan fingerprint density at radius 3 is 2.27 bits per heavy atom. The highest BCUT2D eigenvalue weighted by Crippen LogP contribution is 2.20. The van der Waals surface area contributed by atoms with Gasteiger partial charge < -0.3 is 19.4 Å². The van der Waals surface area contributed by atoms with Crippen LogP contribution >= 0.6 is 0 Å². The van der Waals surface area contributed by atoms with Crippen molar-refractivity contribution in [2.45, 2.75) is 13.0 Å². The molecule has 2 aliphatic rings. The minimum atomic E-state index is 0.0226. The molecule has 2 aromatic rings. The van der Waals surface area contributed by atoms with Crippen LogP contribution in [0.25, 0.3) is 0 Å².